The Kier molecular flexibility index (Phi) is 9.37. The van der Waals surface area contributed by atoms with Gasteiger partial charge in [0.1, 0.15) is 11.8 Å². The number of nitrogens with zero attached hydrogens (tertiary/aromatic N) is 1. The first-order chi connectivity index (χ1) is 16.8. The first kappa shape index (κ1) is 26.3. The van der Waals surface area contributed by atoms with Crippen molar-refractivity contribution in [3.8, 4) is 5.75 Å². The molecule has 0 saturated carbocycles. The average molecular weight is 501 g/mol. The van der Waals surface area contributed by atoms with Crippen molar-refractivity contribution in [1.29, 1.82) is 0 Å². The topological polar surface area (TPSA) is 99.8 Å². The lowest BCUT2D eigenvalue weighted by Gasteiger charge is -2.36. The van der Waals surface area contributed by atoms with Crippen LogP contribution in [0, 0.1) is 11.8 Å². The summed E-state index contributed by atoms with van der Waals surface area (Å²) in [4.78, 5) is 40.4. The van der Waals surface area contributed by atoms with Crippen molar-refractivity contribution >= 4 is 35.1 Å². The van der Waals surface area contributed by atoms with E-state index in [1.807, 2.05) is 13.8 Å². The second kappa shape index (κ2) is 12.4. The molecule has 1 atom stereocenters. The number of hydrogen-bond acceptors (Lipinski definition) is 4. The number of nitrogens with one attached hydrogen (secondary N) is 3. The smallest absolute Gasteiger partial charge is 0.321 e. The van der Waals surface area contributed by atoms with E-state index in [-0.39, 0.29) is 29.7 Å². The molecule has 8 nitrogen and oxygen atoms in total. The Labute approximate surface area is 211 Å². The van der Waals surface area contributed by atoms with Crippen molar-refractivity contribution in [2.75, 3.05) is 32.1 Å². The molecular weight excluding hydrogens is 468 g/mol. The fraction of sp³-hybridized carbons (Fsp3) is 0.423. The van der Waals surface area contributed by atoms with Crippen LogP contribution < -0.4 is 20.7 Å². The largest absolute Gasteiger partial charge is 0.497 e. The Hall–Kier alpha value is -3.26. The monoisotopic (exact) mass is 500 g/mol. The molecule has 188 valence electrons. The van der Waals surface area contributed by atoms with E-state index in [2.05, 4.69) is 16.0 Å². The van der Waals surface area contributed by atoms with Crippen molar-refractivity contribution in [2.45, 2.75) is 32.7 Å². The highest BCUT2D eigenvalue weighted by Gasteiger charge is 2.34. The average Bonchev–Trinajstić information content (AvgIpc) is 2.86. The predicted molar refractivity (Wildman–Crippen MR) is 137 cm³/mol. The van der Waals surface area contributed by atoms with Gasteiger partial charge in [0, 0.05) is 35.9 Å². The van der Waals surface area contributed by atoms with E-state index >= 15 is 0 Å². The number of piperidine rings is 1. The summed E-state index contributed by atoms with van der Waals surface area (Å²) in [5, 5.41) is 9.28. The van der Waals surface area contributed by atoms with Gasteiger partial charge < -0.3 is 25.6 Å². The SMILES string of the molecule is COc1ccc(C(=O)N[C@H](C(=O)NCC(C)C)C2CCN(C(=O)Nc3cccc(Cl)c3)CC2)cc1. The molecule has 1 aliphatic heterocycles. The van der Waals surface area contributed by atoms with E-state index in [1.165, 1.54) is 0 Å². The number of halogens is 1. The summed E-state index contributed by atoms with van der Waals surface area (Å²) in [7, 11) is 1.56. The third-order valence-electron chi connectivity index (χ3n) is 5.98. The Morgan fingerprint density at radius 1 is 1.09 bits per heavy atom. The molecule has 0 radical (unpaired) electrons. The van der Waals surface area contributed by atoms with Crippen LogP contribution in [-0.4, -0.2) is 55.5 Å². The minimum Gasteiger partial charge on any atom is -0.497 e. The van der Waals surface area contributed by atoms with Crippen LogP contribution in [0.4, 0.5) is 10.5 Å². The molecule has 1 heterocycles. The summed E-state index contributed by atoms with van der Waals surface area (Å²) in [6.45, 7) is 5.51. The standard InChI is InChI=1S/C26H33ClN4O4/c1-17(2)16-28-25(33)23(30-24(32)19-7-9-22(35-3)10-8-19)18-11-13-31(14-12-18)26(34)29-21-6-4-5-20(27)15-21/h4-10,15,17-18,23H,11-14,16H2,1-3H3,(H,28,33)(H,29,34)(H,30,32)/t23-/m0/s1. The summed E-state index contributed by atoms with van der Waals surface area (Å²) in [6, 6.07) is 12.8. The third kappa shape index (κ3) is 7.62. The highest BCUT2D eigenvalue weighted by Crippen LogP contribution is 2.23. The van der Waals surface area contributed by atoms with Crippen molar-refractivity contribution < 1.29 is 19.1 Å². The Bertz CT molecular complexity index is 1020. The number of carbonyl (C=O) groups is 3. The van der Waals surface area contributed by atoms with E-state index in [4.69, 9.17) is 16.3 Å². The van der Waals surface area contributed by atoms with E-state index in [1.54, 1.807) is 60.5 Å². The number of hydrogen-bond donors (Lipinski definition) is 3. The lowest BCUT2D eigenvalue weighted by molar-refractivity contribution is -0.124. The van der Waals surface area contributed by atoms with Gasteiger partial charge in [-0.3, -0.25) is 9.59 Å². The van der Waals surface area contributed by atoms with Crippen LogP contribution in [0.5, 0.6) is 5.75 Å². The molecule has 35 heavy (non-hydrogen) atoms. The molecule has 3 N–H and O–H groups in total. The van der Waals surface area contributed by atoms with E-state index in [9.17, 15) is 14.4 Å². The molecule has 0 unspecified atom stereocenters. The zero-order valence-corrected chi connectivity index (χ0v) is 21.1. The number of rotatable bonds is 8. The van der Waals surface area contributed by atoms with E-state index in [0.29, 0.717) is 54.5 Å². The van der Waals surface area contributed by atoms with Gasteiger partial charge in [-0.2, -0.15) is 0 Å². The third-order valence-corrected chi connectivity index (χ3v) is 6.22. The van der Waals surface area contributed by atoms with Crippen LogP contribution in [0.2, 0.25) is 5.02 Å². The molecule has 0 aromatic heterocycles. The Balaban J connectivity index is 1.64. The van der Waals surface area contributed by atoms with Crippen molar-refractivity contribution in [2.24, 2.45) is 11.8 Å². The number of ether oxygens (including phenoxy) is 1. The van der Waals surface area contributed by atoms with Gasteiger partial charge in [0.05, 0.1) is 7.11 Å². The minimum atomic E-state index is -0.693. The van der Waals surface area contributed by atoms with Crippen LogP contribution in [0.15, 0.2) is 48.5 Å². The Morgan fingerprint density at radius 2 is 1.77 bits per heavy atom. The van der Waals surface area contributed by atoms with Crippen LogP contribution >= 0.6 is 11.6 Å². The molecule has 1 fully saturated rings. The molecule has 2 aromatic carbocycles. The van der Waals surface area contributed by atoms with Gasteiger partial charge in [0.2, 0.25) is 5.91 Å². The summed E-state index contributed by atoms with van der Waals surface area (Å²) >= 11 is 6.00. The number of methoxy groups -OCH3 is 1. The molecule has 0 aliphatic carbocycles. The van der Waals surface area contributed by atoms with Crippen molar-refractivity contribution in [1.82, 2.24) is 15.5 Å². The molecule has 1 aliphatic rings. The fourth-order valence-corrected chi connectivity index (χ4v) is 4.17. The highest BCUT2D eigenvalue weighted by atomic mass is 35.5. The zero-order valence-electron chi connectivity index (χ0n) is 20.3. The number of amides is 4. The first-order valence-corrected chi connectivity index (χ1v) is 12.2. The number of benzene rings is 2. The van der Waals surface area contributed by atoms with E-state index < -0.39 is 6.04 Å². The maximum Gasteiger partial charge on any atom is 0.321 e. The maximum atomic E-state index is 13.1. The van der Waals surface area contributed by atoms with Crippen LogP contribution in [-0.2, 0) is 4.79 Å². The predicted octanol–water partition coefficient (Wildman–Crippen LogP) is 4.16. The Morgan fingerprint density at radius 3 is 2.37 bits per heavy atom. The van der Waals surface area contributed by atoms with Crippen LogP contribution in [0.1, 0.15) is 37.0 Å². The zero-order chi connectivity index (χ0) is 25.4. The van der Waals surface area contributed by atoms with Crippen LogP contribution in [0.25, 0.3) is 0 Å². The molecule has 2 aromatic rings. The molecule has 9 heteroatoms. The van der Waals surface area contributed by atoms with Gasteiger partial charge in [-0.05, 0) is 67.1 Å². The number of carbonyl (C=O) groups excluding carboxylic acids is 3. The number of anilines is 1. The van der Waals surface area contributed by atoms with Crippen LogP contribution in [0.3, 0.4) is 0 Å². The van der Waals surface area contributed by atoms with Crippen molar-refractivity contribution in [3.63, 3.8) is 0 Å². The van der Waals surface area contributed by atoms with Gasteiger partial charge in [-0.25, -0.2) is 4.79 Å². The van der Waals surface area contributed by atoms with Crippen molar-refractivity contribution in [3.05, 3.63) is 59.1 Å². The summed E-state index contributed by atoms with van der Waals surface area (Å²) in [6.07, 6.45) is 1.18. The summed E-state index contributed by atoms with van der Waals surface area (Å²) < 4.78 is 5.15. The highest BCUT2D eigenvalue weighted by molar-refractivity contribution is 6.30. The molecule has 4 amide bonds. The lowest BCUT2D eigenvalue weighted by Crippen LogP contribution is -2.54. The first-order valence-electron chi connectivity index (χ1n) is 11.8. The molecule has 3 rings (SSSR count). The second-order valence-electron chi connectivity index (χ2n) is 9.08. The van der Waals surface area contributed by atoms with Gasteiger partial charge in [-0.1, -0.05) is 31.5 Å². The van der Waals surface area contributed by atoms with E-state index in [0.717, 1.165) is 0 Å². The minimum absolute atomic E-state index is 0.0976. The maximum absolute atomic E-state index is 13.1. The molecule has 0 spiro atoms. The van der Waals surface area contributed by atoms with Gasteiger partial charge in [-0.15, -0.1) is 0 Å². The van der Waals surface area contributed by atoms with Gasteiger partial charge in [0.25, 0.3) is 5.91 Å². The summed E-state index contributed by atoms with van der Waals surface area (Å²) in [5.74, 6) is 0.311. The quantitative estimate of drug-likeness (QED) is 0.506. The number of likely N-dealkylation sites (tertiary alicyclic amines) is 1. The molecule has 0 bridgehead atoms. The second-order valence-corrected chi connectivity index (χ2v) is 9.52. The van der Waals surface area contributed by atoms with Gasteiger partial charge in [0.15, 0.2) is 0 Å². The molecular formula is C26H33ClN4O4. The molecule has 1 saturated heterocycles. The number of urea groups is 1. The summed E-state index contributed by atoms with van der Waals surface area (Å²) in [5.41, 5.74) is 1.08. The lowest BCUT2D eigenvalue weighted by atomic mass is 9.88. The normalized spacial score (nSPS) is 14.8. The fourth-order valence-electron chi connectivity index (χ4n) is 3.98. The van der Waals surface area contributed by atoms with Gasteiger partial charge >= 0.3 is 6.03 Å².